The first-order chi connectivity index (χ1) is 14.8. The number of nitrogens with one attached hydrogen (secondary N) is 1. The summed E-state index contributed by atoms with van der Waals surface area (Å²) < 4.78 is 11.7. The fraction of sp³-hybridized carbons (Fsp3) is 0.333. The van der Waals surface area contributed by atoms with Crippen molar-refractivity contribution in [3.05, 3.63) is 90.0 Å². The lowest BCUT2D eigenvalue weighted by Gasteiger charge is -2.11. The molecule has 3 aromatic rings. The Morgan fingerprint density at radius 3 is 2.23 bits per heavy atom. The molecule has 3 heteroatoms. The molecule has 0 unspecified atom stereocenters. The Hall–Kier alpha value is -2.94. The van der Waals surface area contributed by atoms with Crippen molar-refractivity contribution in [1.82, 2.24) is 0 Å². The maximum Gasteiger partial charge on any atom is 0.119 e. The minimum Gasteiger partial charge on any atom is -0.494 e. The molecule has 0 aliphatic heterocycles. The van der Waals surface area contributed by atoms with Gasteiger partial charge in [0.2, 0.25) is 0 Å². The molecule has 0 fully saturated rings. The van der Waals surface area contributed by atoms with Gasteiger partial charge in [0, 0.05) is 18.7 Å². The van der Waals surface area contributed by atoms with Crippen LogP contribution in [0.15, 0.2) is 78.9 Å². The fourth-order valence-corrected chi connectivity index (χ4v) is 3.27. The van der Waals surface area contributed by atoms with Gasteiger partial charge in [0.25, 0.3) is 0 Å². The lowest BCUT2D eigenvalue weighted by atomic mass is 10.2. The summed E-state index contributed by atoms with van der Waals surface area (Å²) in [4.78, 5) is 0. The first-order valence-electron chi connectivity index (χ1n) is 11.1. The number of unbranched alkanes of at least 4 members (excludes halogenated alkanes) is 3. The van der Waals surface area contributed by atoms with Gasteiger partial charge < -0.3 is 14.8 Å². The monoisotopic (exact) mass is 403 g/mol. The van der Waals surface area contributed by atoms with Crippen LogP contribution in [0.1, 0.15) is 43.7 Å². The van der Waals surface area contributed by atoms with Gasteiger partial charge >= 0.3 is 0 Å². The first-order valence-corrected chi connectivity index (χ1v) is 11.1. The van der Waals surface area contributed by atoms with E-state index in [1.54, 1.807) is 0 Å². The molecule has 0 bridgehead atoms. The van der Waals surface area contributed by atoms with Gasteiger partial charge in [0.1, 0.15) is 11.5 Å². The second kappa shape index (κ2) is 12.6. The highest BCUT2D eigenvalue weighted by atomic mass is 16.5. The van der Waals surface area contributed by atoms with E-state index >= 15 is 0 Å². The van der Waals surface area contributed by atoms with Crippen LogP contribution in [0.2, 0.25) is 0 Å². The van der Waals surface area contributed by atoms with Gasteiger partial charge in [0.15, 0.2) is 0 Å². The molecule has 158 valence electrons. The zero-order valence-corrected chi connectivity index (χ0v) is 18.0. The number of benzene rings is 3. The van der Waals surface area contributed by atoms with Crippen LogP contribution in [0.25, 0.3) is 0 Å². The predicted octanol–water partition coefficient (Wildman–Crippen LogP) is 6.88. The van der Waals surface area contributed by atoms with Crippen LogP contribution >= 0.6 is 0 Å². The highest BCUT2D eigenvalue weighted by Gasteiger charge is 2.00. The van der Waals surface area contributed by atoms with Gasteiger partial charge in [-0.3, -0.25) is 0 Å². The smallest absolute Gasteiger partial charge is 0.119 e. The third kappa shape index (κ3) is 7.82. The Morgan fingerprint density at radius 1 is 0.667 bits per heavy atom. The molecule has 3 aromatic carbocycles. The first kappa shape index (κ1) is 21.8. The molecule has 0 saturated carbocycles. The molecule has 0 radical (unpaired) electrons. The zero-order chi connectivity index (χ0) is 20.9. The van der Waals surface area contributed by atoms with E-state index in [9.17, 15) is 0 Å². The summed E-state index contributed by atoms with van der Waals surface area (Å²) in [6.07, 6.45) is 5.81. The number of anilines is 1. The lowest BCUT2D eigenvalue weighted by Crippen LogP contribution is -2.03. The van der Waals surface area contributed by atoms with E-state index in [0.29, 0.717) is 6.61 Å². The van der Waals surface area contributed by atoms with E-state index < -0.39 is 0 Å². The van der Waals surface area contributed by atoms with Crippen LogP contribution in [0.5, 0.6) is 11.5 Å². The Balaban J connectivity index is 1.40. The van der Waals surface area contributed by atoms with Crippen LogP contribution in [0.4, 0.5) is 5.69 Å². The van der Waals surface area contributed by atoms with Crippen LogP contribution in [0.3, 0.4) is 0 Å². The number of hydrogen-bond donors (Lipinski definition) is 1. The summed E-state index contributed by atoms with van der Waals surface area (Å²) in [5.41, 5.74) is 3.58. The average molecular weight is 404 g/mol. The largest absolute Gasteiger partial charge is 0.494 e. The van der Waals surface area contributed by atoms with Crippen molar-refractivity contribution in [3.63, 3.8) is 0 Å². The van der Waals surface area contributed by atoms with Crippen LogP contribution in [-0.4, -0.2) is 13.2 Å². The highest BCUT2D eigenvalue weighted by molar-refractivity contribution is 5.47. The van der Waals surface area contributed by atoms with E-state index in [1.807, 2.05) is 30.3 Å². The Bertz CT molecular complexity index is 846. The van der Waals surface area contributed by atoms with Crippen molar-refractivity contribution < 1.29 is 9.47 Å². The summed E-state index contributed by atoms with van der Waals surface area (Å²) in [5, 5.41) is 3.47. The SMILES string of the molecule is CCCCCCOc1ccc(NCc2cccc(OCCc3ccccc3)c2)cc1. The molecule has 0 aliphatic carbocycles. The fourth-order valence-electron chi connectivity index (χ4n) is 3.27. The maximum atomic E-state index is 5.94. The number of hydrogen-bond acceptors (Lipinski definition) is 3. The second-order valence-corrected chi connectivity index (χ2v) is 7.52. The van der Waals surface area contributed by atoms with Gasteiger partial charge in [-0.1, -0.05) is 68.7 Å². The van der Waals surface area contributed by atoms with E-state index in [-0.39, 0.29) is 0 Å². The molecular weight excluding hydrogens is 370 g/mol. The van der Waals surface area contributed by atoms with E-state index in [4.69, 9.17) is 9.47 Å². The second-order valence-electron chi connectivity index (χ2n) is 7.52. The summed E-state index contributed by atoms with van der Waals surface area (Å²) in [6.45, 7) is 4.46. The molecule has 0 aliphatic rings. The van der Waals surface area contributed by atoms with Gasteiger partial charge in [-0.15, -0.1) is 0 Å². The number of rotatable bonds is 13. The van der Waals surface area contributed by atoms with Gasteiger partial charge in [0.05, 0.1) is 13.2 Å². The Labute approximate surface area is 181 Å². The van der Waals surface area contributed by atoms with Crippen molar-refractivity contribution in [1.29, 1.82) is 0 Å². The molecule has 0 heterocycles. The normalized spacial score (nSPS) is 10.6. The standard InChI is InChI=1S/C27H33NO2/c1-2-3-4-8-19-29-26-16-14-25(15-17-26)28-22-24-12-9-13-27(21-24)30-20-18-23-10-6-5-7-11-23/h5-7,9-17,21,28H,2-4,8,18-20,22H2,1H3. The minimum atomic E-state index is 0.681. The summed E-state index contributed by atoms with van der Waals surface area (Å²) in [6, 6.07) is 26.9. The van der Waals surface area contributed by atoms with Crippen LogP contribution < -0.4 is 14.8 Å². The van der Waals surface area contributed by atoms with Crippen molar-refractivity contribution in [2.24, 2.45) is 0 Å². The molecule has 3 nitrogen and oxygen atoms in total. The van der Waals surface area contributed by atoms with Crippen molar-refractivity contribution in [3.8, 4) is 11.5 Å². The zero-order valence-electron chi connectivity index (χ0n) is 18.0. The van der Waals surface area contributed by atoms with E-state index in [0.717, 1.165) is 43.2 Å². The van der Waals surface area contributed by atoms with E-state index in [1.165, 1.54) is 30.4 Å². The Kier molecular flexibility index (Phi) is 9.13. The van der Waals surface area contributed by atoms with Crippen LogP contribution in [0, 0.1) is 0 Å². The molecule has 0 saturated heterocycles. The molecule has 0 aromatic heterocycles. The molecule has 1 N–H and O–H groups in total. The molecule has 0 atom stereocenters. The topological polar surface area (TPSA) is 30.5 Å². The van der Waals surface area contributed by atoms with Gasteiger partial charge in [-0.2, -0.15) is 0 Å². The molecule has 0 amide bonds. The van der Waals surface area contributed by atoms with Crippen molar-refractivity contribution in [2.45, 2.75) is 45.6 Å². The summed E-state index contributed by atoms with van der Waals surface area (Å²) in [5.74, 6) is 1.85. The lowest BCUT2D eigenvalue weighted by molar-refractivity contribution is 0.305. The molecule has 3 rings (SSSR count). The van der Waals surface area contributed by atoms with E-state index in [2.05, 4.69) is 60.8 Å². The average Bonchev–Trinajstić information content (AvgIpc) is 2.79. The van der Waals surface area contributed by atoms with Gasteiger partial charge in [-0.25, -0.2) is 0 Å². The minimum absolute atomic E-state index is 0.681. The van der Waals surface area contributed by atoms with Crippen LogP contribution in [-0.2, 0) is 13.0 Å². The third-order valence-electron chi connectivity index (χ3n) is 5.02. The highest BCUT2D eigenvalue weighted by Crippen LogP contribution is 2.19. The number of ether oxygens (including phenoxy) is 2. The third-order valence-corrected chi connectivity index (χ3v) is 5.02. The molecule has 30 heavy (non-hydrogen) atoms. The van der Waals surface area contributed by atoms with Crippen molar-refractivity contribution in [2.75, 3.05) is 18.5 Å². The Morgan fingerprint density at radius 2 is 1.43 bits per heavy atom. The summed E-state index contributed by atoms with van der Waals surface area (Å²) >= 11 is 0. The summed E-state index contributed by atoms with van der Waals surface area (Å²) in [7, 11) is 0. The quantitative estimate of drug-likeness (QED) is 0.316. The maximum absolute atomic E-state index is 5.94. The predicted molar refractivity (Wildman–Crippen MR) is 125 cm³/mol. The molecular formula is C27H33NO2. The van der Waals surface area contributed by atoms with Crippen molar-refractivity contribution >= 4 is 5.69 Å². The molecule has 0 spiro atoms. The van der Waals surface area contributed by atoms with Gasteiger partial charge in [-0.05, 0) is 53.9 Å².